The fourth-order valence-electron chi connectivity index (χ4n) is 5.49. The molecule has 0 spiro atoms. The number of halogens is 2. The predicted octanol–water partition coefficient (Wildman–Crippen LogP) is 5.90. The molecule has 192 valence electrons. The van der Waals surface area contributed by atoms with E-state index < -0.39 is 0 Å². The van der Waals surface area contributed by atoms with Gasteiger partial charge >= 0.3 is 0 Å². The van der Waals surface area contributed by atoms with E-state index in [2.05, 4.69) is 87.9 Å². The largest absolute Gasteiger partial charge is 0.368 e. The molecule has 37 heavy (non-hydrogen) atoms. The molecule has 6 rings (SSSR count). The van der Waals surface area contributed by atoms with Gasteiger partial charge in [0.2, 0.25) is 0 Å². The number of piperazine rings is 1. The maximum absolute atomic E-state index is 12.6. The van der Waals surface area contributed by atoms with Crippen LogP contribution in [-0.2, 0) is 0 Å². The maximum Gasteiger partial charge on any atom is 0.251 e. The van der Waals surface area contributed by atoms with Crippen molar-refractivity contribution in [2.75, 3.05) is 44.2 Å². The summed E-state index contributed by atoms with van der Waals surface area (Å²) in [5.41, 5.74) is 2.10. The van der Waals surface area contributed by atoms with Gasteiger partial charge in [0, 0.05) is 49.4 Å². The monoisotopic (exact) mass is 533 g/mol. The van der Waals surface area contributed by atoms with Crippen molar-refractivity contribution in [2.24, 2.45) is 0 Å². The number of unbranched alkanes of at least 4 members (excludes halogenated alkanes) is 1. The van der Waals surface area contributed by atoms with E-state index in [1.54, 1.807) is 0 Å². The van der Waals surface area contributed by atoms with E-state index in [1.807, 2.05) is 12.1 Å². The second-order valence-corrected chi connectivity index (χ2v) is 9.60. The quantitative estimate of drug-likeness (QED) is 0.264. The Morgan fingerprint density at radius 2 is 1.38 bits per heavy atom. The van der Waals surface area contributed by atoms with E-state index in [0.29, 0.717) is 0 Å². The van der Waals surface area contributed by atoms with Crippen molar-refractivity contribution in [2.45, 2.75) is 12.8 Å². The fraction of sp³-hybridized carbons (Fsp3) is 0.258. The van der Waals surface area contributed by atoms with Gasteiger partial charge in [-0.3, -0.25) is 9.69 Å². The number of nitrogens with zero attached hydrogens (tertiary/aromatic N) is 2. The molecule has 0 bridgehead atoms. The van der Waals surface area contributed by atoms with Crippen LogP contribution in [-0.4, -0.2) is 50.1 Å². The number of hydrogen-bond acceptors (Lipinski definition) is 3. The van der Waals surface area contributed by atoms with Gasteiger partial charge in [0.05, 0.1) is 0 Å². The van der Waals surface area contributed by atoms with Crippen molar-refractivity contribution >= 4 is 47.2 Å². The Morgan fingerprint density at radius 1 is 0.703 bits per heavy atom. The van der Waals surface area contributed by atoms with Crippen molar-refractivity contribution in [3.63, 3.8) is 0 Å². The molecule has 1 aliphatic heterocycles. The Hall–Kier alpha value is -3.05. The molecule has 0 unspecified atom stereocenters. The van der Waals surface area contributed by atoms with Crippen molar-refractivity contribution in [3.05, 3.63) is 111 Å². The topological polar surface area (TPSA) is 35.6 Å². The summed E-state index contributed by atoms with van der Waals surface area (Å²) in [6.45, 7) is 6.12. The first-order valence-electron chi connectivity index (χ1n) is 12.7. The number of anilines is 1. The molecule has 2 aliphatic rings. The van der Waals surface area contributed by atoms with Crippen molar-refractivity contribution < 1.29 is 4.79 Å². The number of hydrogen-bond donors (Lipinski definition) is 1. The number of rotatable bonds is 7. The summed E-state index contributed by atoms with van der Waals surface area (Å²) in [7, 11) is 0. The molecule has 1 amide bonds. The zero-order valence-electron chi connectivity index (χ0n) is 20.9. The highest BCUT2D eigenvalue weighted by Gasteiger charge is 2.18. The lowest BCUT2D eigenvalue weighted by Gasteiger charge is -2.36. The zero-order valence-corrected chi connectivity index (χ0v) is 22.5. The molecule has 1 fully saturated rings. The average Bonchev–Trinajstić information content (AvgIpc) is 2.91. The van der Waals surface area contributed by atoms with Crippen LogP contribution in [0.4, 0.5) is 5.69 Å². The van der Waals surface area contributed by atoms with Gasteiger partial charge in [-0.05, 0) is 63.8 Å². The van der Waals surface area contributed by atoms with Crippen LogP contribution in [0, 0.1) is 20.9 Å². The first kappa shape index (κ1) is 27.0. The van der Waals surface area contributed by atoms with Crippen molar-refractivity contribution in [1.82, 2.24) is 10.2 Å². The van der Waals surface area contributed by atoms with Crippen molar-refractivity contribution in [1.29, 1.82) is 0 Å². The molecule has 0 saturated carbocycles. The Labute approximate surface area is 230 Å². The highest BCUT2D eigenvalue weighted by atomic mass is 35.5. The SMILES string of the molecule is Cl.Cl.O=C(NCCCCN1CCN(c2cccc3ccccc23)CC1)c1ccc2c(c1)=c1ccccc1=2. The van der Waals surface area contributed by atoms with Crippen LogP contribution in [0.1, 0.15) is 23.2 Å². The number of fused-ring (bicyclic) bond motifs is 3. The van der Waals surface area contributed by atoms with Crippen LogP contribution in [0.5, 0.6) is 0 Å². The zero-order chi connectivity index (χ0) is 23.6. The van der Waals surface area contributed by atoms with Crippen LogP contribution in [0.2, 0.25) is 0 Å². The minimum atomic E-state index is 0. The van der Waals surface area contributed by atoms with Crippen molar-refractivity contribution in [3.8, 4) is 0 Å². The Bertz CT molecular complexity index is 1580. The highest BCUT2D eigenvalue weighted by molar-refractivity contribution is 5.95. The second-order valence-electron chi connectivity index (χ2n) is 9.60. The molecule has 0 aromatic heterocycles. The molecule has 1 saturated heterocycles. The lowest BCUT2D eigenvalue weighted by Crippen LogP contribution is -2.46. The van der Waals surface area contributed by atoms with Gasteiger partial charge in [0.15, 0.2) is 0 Å². The molecule has 4 aromatic rings. The van der Waals surface area contributed by atoms with Gasteiger partial charge in [0.25, 0.3) is 5.91 Å². The van der Waals surface area contributed by atoms with Gasteiger partial charge in [0.1, 0.15) is 0 Å². The second kappa shape index (κ2) is 12.0. The lowest BCUT2D eigenvalue weighted by molar-refractivity contribution is 0.0952. The minimum Gasteiger partial charge on any atom is -0.368 e. The Balaban J connectivity index is 0.00000160. The van der Waals surface area contributed by atoms with Crippen LogP contribution in [0.15, 0.2) is 84.9 Å². The average molecular weight is 535 g/mol. The highest BCUT2D eigenvalue weighted by Crippen LogP contribution is 2.27. The van der Waals surface area contributed by atoms with Crippen LogP contribution in [0.25, 0.3) is 10.8 Å². The fourth-order valence-corrected chi connectivity index (χ4v) is 5.49. The molecule has 1 aliphatic carbocycles. The van der Waals surface area contributed by atoms with E-state index in [1.165, 1.54) is 37.3 Å². The third-order valence-electron chi connectivity index (χ3n) is 7.46. The van der Waals surface area contributed by atoms with E-state index in [-0.39, 0.29) is 30.7 Å². The summed E-state index contributed by atoms with van der Waals surface area (Å²) in [6.07, 6.45) is 2.11. The van der Waals surface area contributed by atoms with E-state index >= 15 is 0 Å². The molecule has 0 radical (unpaired) electrons. The van der Waals surface area contributed by atoms with Gasteiger partial charge in [-0.25, -0.2) is 0 Å². The summed E-state index contributed by atoms with van der Waals surface area (Å²) >= 11 is 0. The van der Waals surface area contributed by atoms with Gasteiger partial charge in [-0.15, -0.1) is 24.8 Å². The third-order valence-corrected chi connectivity index (χ3v) is 7.46. The molecule has 4 nitrogen and oxygen atoms in total. The lowest BCUT2D eigenvalue weighted by atomic mass is 9.99. The number of amides is 1. The number of benzene rings is 4. The molecular weight excluding hydrogens is 501 g/mol. The predicted molar refractivity (Wildman–Crippen MR) is 157 cm³/mol. The molecule has 6 heteroatoms. The van der Waals surface area contributed by atoms with Crippen LogP contribution >= 0.6 is 24.8 Å². The van der Waals surface area contributed by atoms with E-state index in [9.17, 15) is 4.79 Å². The van der Waals surface area contributed by atoms with E-state index in [0.717, 1.165) is 57.7 Å². The summed E-state index contributed by atoms with van der Waals surface area (Å²) in [5.74, 6) is 0.0286. The summed E-state index contributed by atoms with van der Waals surface area (Å²) < 4.78 is 0. The van der Waals surface area contributed by atoms with Gasteiger partial charge in [-0.2, -0.15) is 0 Å². The molecular formula is C31H33Cl2N3O. The first-order valence-corrected chi connectivity index (χ1v) is 12.7. The normalized spacial score (nSPS) is 14.0. The summed E-state index contributed by atoms with van der Waals surface area (Å²) in [6, 6.07) is 29.7. The van der Waals surface area contributed by atoms with E-state index in [4.69, 9.17) is 0 Å². The first-order chi connectivity index (χ1) is 17.3. The smallest absolute Gasteiger partial charge is 0.251 e. The van der Waals surface area contributed by atoms with Crippen LogP contribution in [0.3, 0.4) is 0 Å². The summed E-state index contributed by atoms with van der Waals surface area (Å²) in [4.78, 5) is 17.7. The van der Waals surface area contributed by atoms with Gasteiger partial charge < -0.3 is 10.2 Å². The Morgan fingerprint density at radius 3 is 2.19 bits per heavy atom. The standard InChI is InChI=1S/C31H31N3O.2ClH/c35-31(24-14-15-28-26-11-3-4-12-27(26)29(28)22-24)32-16-5-6-17-33-18-20-34(21-19-33)30-13-7-9-23-8-1-2-10-25(23)30;;/h1-4,7-15,22H,5-6,16-21H2,(H,32,35);2*1H. The minimum absolute atomic E-state index is 0. The number of carbonyl (C=O) groups excluding carboxylic acids is 1. The summed E-state index contributed by atoms with van der Waals surface area (Å²) in [5, 5.41) is 10.7. The molecule has 4 aromatic carbocycles. The molecule has 0 atom stereocenters. The van der Waals surface area contributed by atoms with Crippen LogP contribution < -0.4 is 10.2 Å². The third kappa shape index (κ3) is 5.47. The Kier molecular flexibility index (Phi) is 8.75. The maximum atomic E-state index is 12.6. The molecule has 1 N–H and O–H groups in total. The van der Waals surface area contributed by atoms with Gasteiger partial charge in [-0.1, -0.05) is 66.7 Å². The molecule has 1 heterocycles. The number of carbonyl (C=O) groups is 1. The number of nitrogens with one attached hydrogen (secondary N) is 1.